The molecule has 112 valence electrons. The maximum Gasteiger partial charge on any atom is 0.391 e. The van der Waals surface area contributed by atoms with Gasteiger partial charge in [-0.15, -0.1) is 0 Å². The summed E-state index contributed by atoms with van der Waals surface area (Å²) in [5.41, 5.74) is 6.76. The minimum absolute atomic E-state index is 0.0401. The van der Waals surface area contributed by atoms with Gasteiger partial charge < -0.3 is 10.6 Å². The third-order valence-corrected chi connectivity index (χ3v) is 3.78. The molecular formula is C14H18F4N2. The second kappa shape index (κ2) is 5.60. The third kappa shape index (κ3) is 3.06. The average Bonchev–Trinajstić information content (AvgIpc) is 2.37. The van der Waals surface area contributed by atoms with Crippen LogP contribution in [0.4, 0.5) is 23.2 Å². The summed E-state index contributed by atoms with van der Waals surface area (Å²) in [5, 5.41) is 0. The van der Waals surface area contributed by atoms with Crippen molar-refractivity contribution in [2.75, 3.05) is 18.0 Å². The Labute approximate surface area is 115 Å². The van der Waals surface area contributed by atoms with Gasteiger partial charge in [-0.05, 0) is 31.9 Å². The van der Waals surface area contributed by atoms with E-state index in [0.717, 1.165) is 0 Å². The van der Waals surface area contributed by atoms with Gasteiger partial charge in [-0.2, -0.15) is 13.2 Å². The van der Waals surface area contributed by atoms with Crippen LogP contribution < -0.4 is 10.6 Å². The van der Waals surface area contributed by atoms with Crippen molar-refractivity contribution in [3.05, 3.63) is 29.6 Å². The van der Waals surface area contributed by atoms with Crippen molar-refractivity contribution in [1.82, 2.24) is 0 Å². The maximum absolute atomic E-state index is 13.8. The molecule has 1 heterocycles. The van der Waals surface area contributed by atoms with E-state index in [1.165, 1.54) is 6.07 Å². The van der Waals surface area contributed by atoms with Gasteiger partial charge in [0.1, 0.15) is 5.82 Å². The van der Waals surface area contributed by atoms with E-state index in [9.17, 15) is 17.6 Å². The molecule has 0 radical (unpaired) electrons. The summed E-state index contributed by atoms with van der Waals surface area (Å²) in [6.07, 6.45) is -4.06. The van der Waals surface area contributed by atoms with Crippen LogP contribution in [0, 0.1) is 11.7 Å². The summed E-state index contributed by atoms with van der Waals surface area (Å²) in [4.78, 5) is 1.80. The van der Waals surface area contributed by atoms with Crippen LogP contribution in [0.15, 0.2) is 18.2 Å². The highest BCUT2D eigenvalue weighted by Crippen LogP contribution is 2.37. The Bertz CT molecular complexity index is 463. The van der Waals surface area contributed by atoms with Crippen LogP contribution in [0.25, 0.3) is 0 Å². The van der Waals surface area contributed by atoms with Crippen molar-refractivity contribution in [1.29, 1.82) is 0 Å². The normalized spacial score (nSPS) is 19.2. The summed E-state index contributed by atoms with van der Waals surface area (Å²) >= 11 is 0. The molecule has 1 aliphatic rings. The predicted molar refractivity (Wildman–Crippen MR) is 70.0 cm³/mol. The van der Waals surface area contributed by atoms with Crippen LogP contribution in [0.3, 0.4) is 0 Å². The first-order valence-corrected chi connectivity index (χ1v) is 6.66. The highest BCUT2D eigenvalue weighted by molar-refractivity contribution is 5.55. The highest BCUT2D eigenvalue weighted by Gasteiger charge is 2.41. The van der Waals surface area contributed by atoms with E-state index in [1.807, 2.05) is 0 Å². The first kappa shape index (κ1) is 15.1. The van der Waals surface area contributed by atoms with Gasteiger partial charge >= 0.3 is 6.18 Å². The molecule has 20 heavy (non-hydrogen) atoms. The number of hydrogen-bond acceptors (Lipinski definition) is 2. The van der Waals surface area contributed by atoms with Gasteiger partial charge in [0.2, 0.25) is 0 Å². The Morgan fingerprint density at radius 2 is 1.85 bits per heavy atom. The topological polar surface area (TPSA) is 29.3 Å². The van der Waals surface area contributed by atoms with Crippen molar-refractivity contribution < 1.29 is 17.6 Å². The fraction of sp³-hybridized carbons (Fsp3) is 0.571. The number of nitrogens with two attached hydrogens (primary N) is 1. The fourth-order valence-electron chi connectivity index (χ4n) is 2.70. The van der Waals surface area contributed by atoms with E-state index in [4.69, 9.17) is 5.73 Å². The number of alkyl halides is 3. The molecule has 0 unspecified atom stereocenters. The smallest absolute Gasteiger partial charge is 0.371 e. The van der Waals surface area contributed by atoms with Gasteiger partial charge in [0.05, 0.1) is 5.92 Å². The third-order valence-electron chi connectivity index (χ3n) is 3.78. The maximum atomic E-state index is 13.8. The first-order valence-electron chi connectivity index (χ1n) is 6.66. The zero-order valence-corrected chi connectivity index (χ0v) is 11.3. The molecule has 6 heteroatoms. The number of halogens is 4. The van der Waals surface area contributed by atoms with Gasteiger partial charge in [0.15, 0.2) is 0 Å². The van der Waals surface area contributed by atoms with E-state index in [0.29, 0.717) is 11.3 Å². The zero-order chi connectivity index (χ0) is 14.9. The fourth-order valence-corrected chi connectivity index (χ4v) is 2.70. The van der Waals surface area contributed by atoms with Crippen molar-refractivity contribution >= 4 is 5.69 Å². The Balaban J connectivity index is 2.17. The molecule has 0 amide bonds. The van der Waals surface area contributed by atoms with Crippen LogP contribution in [-0.2, 0) is 0 Å². The van der Waals surface area contributed by atoms with Crippen molar-refractivity contribution in [3.8, 4) is 0 Å². The highest BCUT2D eigenvalue weighted by atomic mass is 19.4. The molecule has 0 bridgehead atoms. The van der Waals surface area contributed by atoms with E-state index in [-0.39, 0.29) is 25.9 Å². The zero-order valence-electron chi connectivity index (χ0n) is 11.3. The molecule has 2 nitrogen and oxygen atoms in total. The molecule has 0 aliphatic carbocycles. The standard InChI is InChI=1S/C14H18F4N2/c1-9(19)13-11(15)3-2-4-12(13)20-7-5-10(6-8-20)14(16,17)18/h2-4,9-10H,5-8,19H2,1H3/t9-/m1/s1. The minimum atomic E-state index is -4.14. The SMILES string of the molecule is C[C@@H](N)c1c(F)cccc1N1CCC(C(F)(F)F)CC1. The molecule has 0 spiro atoms. The molecule has 1 aromatic rings. The summed E-state index contributed by atoms with van der Waals surface area (Å²) < 4.78 is 51.8. The summed E-state index contributed by atoms with van der Waals surface area (Å²) in [5.74, 6) is -1.67. The van der Waals surface area contributed by atoms with Gasteiger partial charge in [0.25, 0.3) is 0 Å². The van der Waals surface area contributed by atoms with Crippen LogP contribution in [-0.4, -0.2) is 19.3 Å². The largest absolute Gasteiger partial charge is 0.391 e. The molecule has 1 aliphatic heterocycles. The quantitative estimate of drug-likeness (QED) is 0.843. The second-order valence-corrected chi connectivity index (χ2v) is 5.26. The van der Waals surface area contributed by atoms with Crippen molar-refractivity contribution in [2.24, 2.45) is 11.7 Å². The molecule has 1 aromatic carbocycles. The lowest BCUT2D eigenvalue weighted by Crippen LogP contribution is -2.39. The summed E-state index contributed by atoms with van der Waals surface area (Å²) in [6.45, 7) is 2.21. The minimum Gasteiger partial charge on any atom is -0.371 e. The molecule has 0 aromatic heterocycles. The molecule has 1 fully saturated rings. The van der Waals surface area contributed by atoms with Gasteiger partial charge in [-0.3, -0.25) is 0 Å². The number of rotatable bonds is 2. The Morgan fingerprint density at radius 1 is 1.25 bits per heavy atom. The molecule has 2 N–H and O–H groups in total. The van der Waals surface area contributed by atoms with E-state index in [2.05, 4.69) is 0 Å². The number of benzene rings is 1. The van der Waals surface area contributed by atoms with E-state index < -0.39 is 24.0 Å². The average molecular weight is 290 g/mol. The molecule has 0 saturated carbocycles. The number of nitrogens with zero attached hydrogens (tertiary/aromatic N) is 1. The van der Waals surface area contributed by atoms with Crippen LogP contribution in [0.5, 0.6) is 0 Å². The lowest BCUT2D eigenvalue weighted by Gasteiger charge is -2.36. The second-order valence-electron chi connectivity index (χ2n) is 5.26. The Hall–Kier alpha value is -1.30. The van der Waals surface area contributed by atoms with Crippen molar-refractivity contribution in [3.63, 3.8) is 0 Å². The van der Waals surface area contributed by atoms with E-state index in [1.54, 1.807) is 24.0 Å². The lowest BCUT2D eigenvalue weighted by molar-refractivity contribution is -0.179. The summed E-state index contributed by atoms with van der Waals surface area (Å²) in [6, 6.07) is 4.11. The predicted octanol–water partition coefficient (Wildman–Crippen LogP) is 3.62. The van der Waals surface area contributed by atoms with E-state index >= 15 is 0 Å². The van der Waals surface area contributed by atoms with Gasteiger partial charge in [0, 0.05) is 30.4 Å². The van der Waals surface area contributed by atoms with Crippen molar-refractivity contribution in [2.45, 2.75) is 32.0 Å². The number of hydrogen-bond donors (Lipinski definition) is 1. The van der Waals surface area contributed by atoms with Gasteiger partial charge in [-0.25, -0.2) is 4.39 Å². The number of anilines is 1. The molecule has 1 saturated heterocycles. The van der Waals surface area contributed by atoms with Crippen LogP contribution >= 0.6 is 0 Å². The Kier molecular flexibility index (Phi) is 4.22. The van der Waals surface area contributed by atoms with Crippen LogP contribution in [0.1, 0.15) is 31.4 Å². The summed E-state index contributed by atoms with van der Waals surface area (Å²) in [7, 11) is 0. The van der Waals surface area contributed by atoms with Gasteiger partial charge in [-0.1, -0.05) is 6.07 Å². The first-order chi connectivity index (χ1) is 9.30. The monoisotopic (exact) mass is 290 g/mol. The molecule has 1 atom stereocenters. The molecule has 2 rings (SSSR count). The number of piperidine rings is 1. The Morgan fingerprint density at radius 3 is 2.35 bits per heavy atom. The molecular weight excluding hydrogens is 272 g/mol. The lowest BCUT2D eigenvalue weighted by atomic mass is 9.94. The van der Waals surface area contributed by atoms with Crippen LogP contribution in [0.2, 0.25) is 0 Å².